The number of alkyl halides is 3. The zero-order chi connectivity index (χ0) is 34.8. The van der Waals surface area contributed by atoms with Crippen LogP contribution in [-0.4, -0.2) is 99.1 Å². The van der Waals surface area contributed by atoms with Crippen molar-refractivity contribution in [3.8, 4) is 0 Å². The van der Waals surface area contributed by atoms with Gasteiger partial charge in [-0.2, -0.15) is 13.2 Å². The van der Waals surface area contributed by atoms with Crippen LogP contribution in [0.2, 0.25) is 0 Å². The van der Waals surface area contributed by atoms with Gasteiger partial charge in [-0.25, -0.2) is 19.9 Å². The quantitative estimate of drug-likeness (QED) is 0.319. The third-order valence-corrected chi connectivity index (χ3v) is 10.1. The van der Waals surface area contributed by atoms with E-state index in [0.29, 0.717) is 49.2 Å². The first-order valence-electron chi connectivity index (χ1n) is 17.1. The lowest BCUT2D eigenvalue weighted by Crippen LogP contribution is -2.57. The number of hydrogen-bond donors (Lipinski definition) is 2. The second kappa shape index (κ2) is 12.2. The van der Waals surface area contributed by atoms with Crippen LogP contribution in [0.5, 0.6) is 0 Å². The van der Waals surface area contributed by atoms with E-state index in [0.717, 1.165) is 42.6 Å². The molecule has 0 aromatic carbocycles. The number of nitrogens with one attached hydrogen (secondary N) is 2. The SMILES string of the molecule is CC1(C)CN(c2ncc(N3C(=O)C4(CCCC4)c4c(NC5CCC5)nc(COC(=N)N5CCOC[C@H]5C(F)(F)F)nc43)cn2)CC(C)(C)O1. The van der Waals surface area contributed by atoms with Crippen molar-refractivity contribution in [1.29, 1.82) is 5.41 Å². The highest BCUT2D eigenvalue weighted by atomic mass is 19.4. The maximum Gasteiger partial charge on any atom is 0.411 e. The summed E-state index contributed by atoms with van der Waals surface area (Å²) in [5, 5.41) is 11.9. The molecule has 5 heterocycles. The van der Waals surface area contributed by atoms with Gasteiger partial charge in [-0.05, 0) is 59.8 Å². The largest absolute Gasteiger partial charge is 0.457 e. The van der Waals surface area contributed by atoms with Crippen molar-refractivity contribution >= 4 is 35.2 Å². The van der Waals surface area contributed by atoms with Crippen molar-refractivity contribution in [3.05, 3.63) is 23.8 Å². The molecule has 1 amide bonds. The van der Waals surface area contributed by atoms with Gasteiger partial charge in [0.15, 0.2) is 18.5 Å². The normalized spacial score (nSPS) is 24.6. The average molecular weight is 688 g/mol. The Morgan fingerprint density at radius 1 is 1.06 bits per heavy atom. The zero-order valence-electron chi connectivity index (χ0n) is 28.4. The average Bonchev–Trinajstić information content (AvgIpc) is 3.59. The first-order valence-corrected chi connectivity index (χ1v) is 17.1. The molecule has 2 saturated heterocycles. The molecule has 2 aromatic rings. The smallest absolute Gasteiger partial charge is 0.411 e. The lowest BCUT2D eigenvalue weighted by atomic mass is 9.80. The lowest BCUT2D eigenvalue weighted by Gasteiger charge is -2.47. The van der Waals surface area contributed by atoms with Crippen LogP contribution in [0.3, 0.4) is 0 Å². The summed E-state index contributed by atoms with van der Waals surface area (Å²) in [5.41, 5.74) is -0.453. The maximum atomic E-state index is 14.5. The molecule has 16 heteroatoms. The summed E-state index contributed by atoms with van der Waals surface area (Å²) < 4.78 is 58.0. The number of morpholine rings is 2. The van der Waals surface area contributed by atoms with E-state index in [1.54, 1.807) is 17.3 Å². The summed E-state index contributed by atoms with van der Waals surface area (Å²) in [6, 6.07) is -2.44. The first kappa shape index (κ1) is 33.7. The molecular formula is C33H44F3N9O4. The molecule has 266 valence electrons. The van der Waals surface area contributed by atoms with E-state index < -0.39 is 41.5 Å². The molecule has 2 saturated carbocycles. The topological polar surface area (TPSA) is 142 Å². The fourth-order valence-corrected chi connectivity index (χ4v) is 7.97. The Hall–Kier alpha value is -3.79. The van der Waals surface area contributed by atoms with Gasteiger partial charge in [-0.3, -0.25) is 15.1 Å². The molecule has 2 aliphatic carbocycles. The summed E-state index contributed by atoms with van der Waals surface area (Å²) >= 11 is 0. The Morgan fingerprint density at radius 3 is 2.35 bits per heavy atom. The molecule has 2 N–H and O–H groups in total. The number of fused-ring (bicyclic) bond motifs is 2. The molecular weight excluding hydrogens is 643 g/mol. The van der Waals surface area contributed by atoms with Crippen molar-refractivity contribution in [2.75, 3.05) is 48.0 Å². The molecule has 2 aromatic heterocycles. The summed E-state index contributed by atoms with van der Waals surface area (Å²) in [6.45, 7) is 8.29. The molecule has 1 spiro atoms. The van der Waals surface area contributed by atoms with Crippen molar-refractivity contribution in [3.63, 3.8) is 0 Å². The Balaban J connectivity index is 1.22. The number of amides is 1. The number of carbonyl (C=O) groups is 1. The highest BCUT2D eigenvalue weighted by molar-refractivity contribution is 6.13. The third-order valence-electron chi connectivity index (χ3n) is 10.1. The summed E-state index contributed by atoms with van der Waals surface area (Å²) in [6.07, 6.45) is 4.71. The molecule has 0 unspecified atom stereocenters. The second-order valence-corrected chi connectivity index (χ2v) is 15.0. The molecule has 3 aliphatic heterocycles. The van der Waals surface area contributed by atoms with Gasteiger partial charge in [-0.1, -0.05) is 12.8 Å². The highest BCUT2D eigenvalue weighted by Gasteiger charge is 2.56. The van der Waals surface area contributed by atoms with Crippen molar-refractivity contribution in [1.82, 2.24) is 24.8 Å². The predicted octanol–water partition coefficient (Wildman–Crippen LogP) is 4.83. The molecule has 4 fully saturated rings. The Labute approximate surface area is 283 Å². The Bertz CT molecular complexity index is 1580. The van der Waals surface area contributed by atoms with Crippen LogP contribution >= 0.6 is 0 Å². The molecule has 5 aliphatic rings. The van der Waals surface area contributed by atoms with Crippen LogP contribution in [-0.2, 0) is 31.0 Å². The van der Waals surface area contributed by atoms with E-state index in [4.69, 9.17) is 39.6 Å². The van der Waals surface area contributed by atoms with Gasteiger partial charge in [0.1, 0.15) is 11.6 Å². The maximum absolute atomic E-state index is 14.5. The highest BCUT2D eigenvalue weighted by Crippen LogP contribution is 2.55. The standard InChI is InChI=1S/C33H44F3N9O4/c1-30(2)18-43(19-31(3,4)49-30)29-38-14-21(15-39-29)45-26-24(32(27(45)46)10-5-6-11-32)25(40-20-8-7-9-20)41-23(42-26)17-48-28(37)44-12-13-47-16-22(44)33(34,35)36/h14-15,20,22,37H,5-13,16-19H2,1-4H3,(H,40,41,42)/t22-/m0/s1. The van der Waals surface area contributed by atoms with Gasteiger partial charge < -0.3 is 29.3 Å². The molecule has 0 bridgehead atoms. The fraction of sp³-hybridized carbons (Fsp3) is 0.697. The predicted molar refractivity (Wildman–Crippen MR) is 174 cm³/mol. The minimum absolute atomic E-state index is 0.0458. The molecule has 0 radical (unpaired) electrons. The van der Waals surface area contributed by atoms with Crippen LogP contribution in [0.25, 0.3) is 0 Å². The number of anilines is 4. The van der Waals surface area contributed by atoms with Crippen molar-refractivity contribution in [2.45, 2.75) is 114 Å². The first-order chi connectivity index (χ1) is 23.2. The van der Waals surface area contributed by atoms with Gasteiger partial charge in [-0.15, -0.1) is 0 Å². The number of hydrogen-bond acceptors (Lipinski definition) is 11. The van der Waals surface area contributed by atoms with Gasteiger partial charge in [0.25, 0.3) is 6.02 Å². The zero-order valence-corrected chi connectivity index (χ0v) is 28.4. The van der Waals surface area contributed by atoms with Gasteiger partial charge in [0, 0.05) is 25.7 Å². The Morgan fingerprint density at radius 2 is 1.73 bits per heavy atom. The number of nitrogens with zero attached hydrogens (tertiary/aromatic N) is 7. The van der Waals surface area contributed by atoms with E-state index in [1.165, 1.54) is 0 Å². The number of halogens is 3. The monoisotopic (exact) mass is 687 g/mol. The number of aromatic nitrogens is 4. The van der Waals surface area contributed by atoms with E-state index in [2.05, 4.69) is 10.2 Å². The van der Waals surface area contributed by atoms with Crippen LogP contribution in [0.15, 0.2) is 12.4 Å². The number of amidine groups is 1. The molecule has 7 rings (SSSR count). The number of rotatable bonds is 6. The second-order valence-electron chi connectivity index (χ2n) is 15.0. The third kappa shape index (κ3) is 6.37. The van der Waals surface area contributed by atoms with Crippen molar-refractivity contribution < 1.29 is 32.2 Å². The van der Waals surface area contributed by atoms with Gasteiger partial charge in [0.05, 0.1) is 53.5 Å². The molecule has 49 heavy (non-hydrogen) atoms. The fourth-order valence-electron chi connectivity index (χ4n) is 7.97. The minimum Gasteiger partial charge on any atom is -0.457 e. The van der Waals surface area contributed by atoms with Crippen molar-refractivity contribution in [2.24, 2.45) is 0 Å². The van der Waals surface area contributed by atoms with E-state index in [9.17, 15) is 18.0 Å². The van der Waals surface area contributed by atoms with E-state index >= 15 is 0 Å². The summed E-state index contributed by atoms with van der Waals surface area (Å²) in [5.74, 6) is 1.47. The minimum atomic E-state index is -4.59. The van der Waals surface area contributed by atoms with Crippen LogP contribution in [0, 0.1) is 5.41 Å². The van der Waals surface area contributed by atoms with Crippen LogP contribution in [0.4, 0.5) is 36.4 Å². The molecule has 1 atom stereocenters. The van der Waals surface area contributed by atoms with Crippen LogP contribution in [0.1, 0.15) is 84.0 Å². The summed E-state index contributed by atoms with van der Waals surface area (Å²) in [7, 11) is 0. The number of carbonyl (C=O) groups excluding carboxylic acids is 1. The van der Waals surface area contributed by atoms with Crippen LogP contribution < -0.4 is 15.1 Å². The van der Waals surface area contributed by atoms with Gasteiger partial charge >= 0.3 is 6.18 Å². The van der Waals surface area contributed by atoms with E-state index in [1.807, 2.05) is 27.7 Å². The summed E-state index contributed by atoms with van der Waals surface area (Å²) in [4.78, 5) is 38.0. The number of ether oxygens (including phenoxy) is 3. The Kier molecular flexibility index (Phi) is 8.40. The van der Waals surface area contributed by atoms with E-state index in [-0.39, 0.29) is 37.5 Å². The van der Waals surface area contributed by atoms with Gasteiger partial charge in [0.2, 0.25) is 11.9 Å². The molecule has 13 nitrogen and oxygen atoms in total. The lowest BCUT2D eigenvalue weighted by molar-refractivity contribution is -0.202.